The van der Waals surface area contributed by atoms with E-state index in [9.17, 15) is 14.4 Å². The third kappa shape index (κ3) is 3.75. The van der Waals surface area contributed by atoms with Gasteiger partial charge in [0.2, 0.25) is 11.8 Å². The fourth-order valence-electron chi connectivity index (χ4n) is 1.09. The second-order valence-electron chi connectivity index (χ2n) is 2.92. The number of carbonyl (C=O) groups excluding carboxylic acids is 3. The molecule has 1 saturated heterocycles. The molecule has 0 atom stereocenters. The molecule has 1 fully saturated rings. The molecule has 0 spiro atoms. The minimum Gasteiger partial charge on any atom is -0.354 e. The maximum absolute atomic E-state index is 11.1. The molecule has 0 aliphatic carbocycles. The Labute approximate surface area is 97.4 Å². The number of nitrogens with one attached hydrogen (secondary N) is 1. The highest BCUT2D eigenvalue weighted by Crippen LogP contribution is 2.17. The Morgan fingerprint density at radius 1 is 1.53 bits per heavy atom. The minimum absolute atomic E-state index is 0.114. The van der Waals surface area contributed by atoms with Crippen LogP contribution in [0.1, 0.15) is 6.42 Å². The molecule has 1 N–H and O–H groups in total. The van der Waals surface area contributed by atoms with Crippen LogP contribution < -0.4 is 5.32 Å². The maximum atomic E-state index is 11.1. The van der Waals surface area contributed by atoms with Crippen LogP contribution in [0, 0.1) is 0 Å². The second kappa shape index (κ2) is 6.02. The Hall–Kier alpha value is -0.690. The summed E-state index contributed by atoms with van der Waals surface area (Å²) in [6, 6.07) is 0. The zero-order valence-electron chi connectivity index (χ0n) is 8.06. The lowest BCUT2D eigenvalue weighted by Gasteiger charge is -2.12. The average Bonchev–Trinajstić information content (AvgIpc) is 2.49. The molecule has 1 rings (SSSR count). The molecular weight excluding hydrogens is 236 g/mol. The van der Waals surface area contributed by atoms with Gasteiger partial charge >= 0.3 is 0 Å². The standard InChI is InChI=1S/C8H12N2O3S2/c11-6(1-4-14)9-2-3-10-7(12)5-15-8(10)13/h14H,1-5H2,(H,9,11). The second-order valence-corrected chi connectivity index (χ2v) is 4.30. The summed E-state index contributed by atoms with van der Waals surface area (Å²) in [6.07, 6.45) is 0.347. The lowest BCUT2D eigenvalue weighted by atomic mass is 10.4. The van der Waals surface area contributed by atoms with Crippen LogP contribution in [0.15, 0.2) is 0 Å². The predicted molar refractivity (Wildman–Crippen MR) is 61.0 cm³/mol. The number of nitrogens with zero attached hydrogens (tertiary/aromatic N) is 1. The minimum atomic E-state index is -0.233. The molecule has 0 radical (unpaired) electrons. The lowest BCUT2D eigenvalue weighted by molar-refractivity contribution is -0.125. The highest BCUT2D eigenvalue weighted by molar-refractivity contribution is 8.14. The first-order chi connectivity index (χ1) is 7.15. The Morgan fingerprint density at radius 2 is 2.27 bits per heavy atom. The zero-order chi connectivity index (χ0) is 11.3. The number of hydrogen-bond acceptors (Lipinski definition) is 5. The van der Waals surface area contributed by atoms with Crippen LogP contribution in [0.3, 0.4) is 0 Å². The van der Waals surface area contributed by atoms with Crippen molar-refractivity contribution >= 4 is 41.4 Å². The quantitative estimate of drug-likeness (QED) is 0.678. The van der Waals surface area contributed by atoms with Crippen molar-refractivity contribution in [3.05, 3.63) is 0 Å². The van der Waals surface area contributed by atoms with E-state index in [1.807, 2.05) is 0 Å². The van der Waals surface area contributed by atoms with Gasteiger partial charge in [0.1, 0.15) is 0 Å². The van der Waals surface area contributed by atoms with Crippen LogP contribution >= 0.6 is 24.4 Å². The summed E-state index contributed by atoms with van der Waals surface area (Å²) in [4.78, 5) is 34.5. The van der Waals surface area contributed by atoms with E-state index in [1.165, 1.54) is 0 Å². The Morgan fingerprint density at radius 3 is 2.80 bits per heavy atom. The van der Waals surface area contributed by atoms with Crippen molar-refractivity contribution in [1.82, 2.24) is 10.2 Å². The van der Waals surface area contributed by atoms with Crippen molar-refractivity contribution in [1.29, 1.82) is 0 Å². The van der Waals surface area contributed by atoms with Crippen LogP contribution in [0.5, 0.6) is 0 Å². The zero-order valence-corrected chi connectivity index (χ0v) is 9.77. The number of carbonyl (C=O) groups is 3. The first-order valence-electron chi connectivity index (χ1n) is 4.50. The molecule has 0 aromatic rings. The molecule has 7 heteroatoms. The van der Waals surface area contributed by atoms with Gasteiger partial charge in [-0.15, -0.1) is 0 Å². The van der Waals surface area contributed by atoms with Crippen molar-refractivity contribution in [2.75, 3.05) is 24.6 Å². The molecule has 0 saturated carbocycles. The van der Waals surface area contributed by atoms with Crippen LogP contribution in [0.4, 0.5) is 4.79 Å². The summed E-state index contributed by atoms with van der Waals surface area (Å²) in [5.74, 6) is 0.400. The molecule has 15 heavy (non-hydrogen) atoms. The lowest BCUT2D eigenvalue weighted by Crippen LogP contribution is -2.37. The molecule has 1 heterocycles. The van der Waals surface area contributed by atoms with Crippen molar-refractivity contribution in [3.8, 4) is 0 Å². The molecule has 84 valence electrons. The van der Waals surface area contributed by atoms with Gasteiger partial charge in [0.25, 0.3) is 5.24 Å². The van der Waals surface area contributed by atoms with Crippen molar-refractivity contribution in [2.24, 2.45) is 0 Å². The largest absolute Gasteiger partial charge is 0.354 e. The van der Waals surface area contributed by atoms with Gasteiger partial charge in [-0.05, 0) is 5.75 Å². The molecule has 3 amide bonds. The summed E-state index contributed by atoms with van der Waals surface area (Å²) in [6.45, 7) is 0.563. The number of thiol groups is 1. The van der Waals surface area contributed by atoms with Gasteiger partial charge in [-0.3, -0.25) is 19.3 Å². The summed E-state index contributed by atoms with van der Waals surface area (Å²) in [5, 5.41) is 2.38. The van der Waals surface area contributed by atoms with Gasteiger partial charge in [0.05, 0.1) is 5.75 Å². The van der Waals surface area contributed by atoms with E-state index in [-0.39, 0.29) is 29.4 Å². The molecule has 1 aliphatic heterocycles. The summed E-state index contributed by atoms with van der Waals surface area (Å²) in [5.41, 5.74) is 0. The molecule has 0 bridgehead atoms. The highest BCUT2D eigenvalue weighted by atomic mass is 32.2. The molecule has 5 nitrogen and oxygen atoms in total. The van der Waals surface area contributed by atoms with Crippen molar-refractivity contribution in [3.63, 3.8) is 0 Å². The number of rotatable bonds is 5. The summed E-state index contributed by atoms with van der Waals surface area (Å²) >= 11 is 4.91. The topological polar surface area (TPSA) is 66.5 Å². The van der Waals surface area contributed by atoms with Gasteiger partial charge in [-0.25, -0.2) is 0 Å². The first-order valence-corrected chi connectivity index (χ1v) is 6.11. The van der Waals surface area contributed by atoms with Crippen LogP contribution in [0.25, 0.3) is 0 Å². The summed E-state index contributed by atoms with van der Waals surface area (Å²) in [7, 11) is 0. The fraction of sp³-hybridized carbons (Fsp3) is 0.625. The molecular formula is C8H12N2O3S2. The molecule has 0 aromatic heterocycles. The first kappa shape index (κ1) is 12.4. The SMILES string of the molecule is O=C(CCS)NCCN1C(=O)CSC1=O. The average molecular weight is 248 g/mol. The van der Waals surface area contributed by atoms with Gasteiger partial charge in [0.15, 0.2) is 0 Å². The monoisotopic (exact) mass is 248 g/mol. The van der Waals surface area contributed by atoms with Gasteiger partial charge < -0.3 is 5.32 Å². The van der Waals surface area contributed by atoms with E-state index in [0.717, 1.165) is 16.7 Å². The number of amides is 3. The number of imide groups is 1. The van der Waals surface area contributed by atoms with E-state index < -0.39 is 0 Å². The maximum Gasteiger partial charge on any atom is 0.288 e. The normalized spacial score (nSPS) is 15.9. The molecule has 0 aromatic carbocycles. The van der Waals surface area contributed by atoms with E-state index in [4.69, 9.17) is 0 Å². The van der Waals surface area contributed by atoms with E-state index >= 15 is 0 Å². The van der Waals surface area contributed by atoms with Gasteiger partial charge in [-0.1, -0.05) is 11.8 Å². The Kier molecular flexibility index (Phi) is 4.97. The van der Waals surface area contributed by atoms with Crippen LogP contribution in [-0.2, 0) is 9.59 Å². The smallest absolute Gasteiger partial charge is 0.288 e. The van der Waals surface area contributed by atoms with E-state index in [2.05, 4.69) is 17.9 Å². The van der Waals surface area contributed by atoms with Gasteiger partial charge in [0, 0.05) is 19.5 Å². The van der Waals surface area contributed by atoms with Crippen LogP contribution in [-0.4, -0.2) is 46.5 Å². The van der Waals surface area contributed by atoms with Crippen LogP contribution in [0.2, 0.25) is 0 Å². The van der Waals surface area contributed by atoms with E-state index in [1.54, 1.807) is 0 Å². The molecule has 0 unspecified atom stereocenters. The summed E-state index contributed by atoms with van der Waals surface area (Å²) < 4.78 is 0. The van der Waals surface area contributed by atoms with Gasteiger partial charge in [-0.2, -0.15) is 12.6 Å². The molecule has 1 aliphatic rings. The highest BCUT2D eigenvalue weighted by Gasteiger charge is 2.29. The Balaban J connectivity index is 2.22. The van der Waals surface area contributed by atoms with Crippen molar-refractivity contribution < 1.29 is 14.4 Å². The number of thioether (sulfide) groups is 1. The van der Waals surface area contributed by atoms with Crippen molar-refractivity contribution in [2.45, 2.75) is 6.42 Å². The third-order valence-corrected chi connectivity index (χ3v) is 2.92. The number of hydrogen-bond donors (Lipinski definition) is 2. The van der Waals surface area contributed by atoms with E-state index in [0.29, 0.717) is 18.7 Å². The predicted octanol–water partition coefficient (Wildman–Crippen LogP) is 0.118. The Bertz CT molecular complexity index is 267. The fourth-order valence-corrected chi connectivity index (χ4v) is 2.05. The third-order valence-electron chi connectivity index (χ3n) is 1.84.